The van der Waals surface area contributed by atoms with Gasteiger partial charge in [-0.25, -0.2) is 9.59 Å². The monoisotopic (exact) mass is 551 g/mol. The Morgan fingerprint density at radius 3 is 1.76 bits per heavy atom. The zero-order valence-corrected chi connectivity index (χ0v) is 21.1. The molecule has 9 nitrogen and oxygen atoms in total. The Bertz CT molecular complexity index is 1890. The van der Waals surface area contributed by atoms with E-state index < -0.39 is 60.9 Å². The van der Waals surface area contributed by atoms with Crippen molar-refractivity contribution in [3.8, 4) is 11.5 Å². The van der Waals surface area contributed by atoms with Crippen molar-refractivity contribution in [1.29, 1.82) is 0 Å². The molecule has 0 saturated carbocycles. The standard InChI is InChI=1S/C27H15Cl2NO8/c1-9-5-3-7-11-19(9)37-25(34)14-21(11)36-22-12-8-4-6-10(2)20(12)38-26(35)15(22)27(14)13(24(30)33)18(31)16(28)17(29)23(27)32/h3-8,31H,1-2H3,(H2,30,33). The van der Waals surface area contributed by atoms with Gasteiger partial charge in [-0.05, 0) is 37.1 Å². The maximum atomic E-state index is 14.2. The Morgan fingerprint density at radius 2 is 1.32 bits per heavy atom. The molecule has 11 heteroatoms. The van der Waals surface area contributed by atoms with Gasteiger partial charge in [0.05, 0.1) is 16.3 Å². The number of carbonyl (C=O) groups excluding carboxylic acids is 2. The average molecular weight is 552 g/mol. The number of aryl methyl sites for hydroxylation is 2. The van der Waals surface area contributed by atoms with E-state index in [9.17, 15) is 24.3 Å². The number of primary amides is 1. The second kappa shape index (κ2) is 7.83. The van der Waals surface area contributed by atoms with E-state index in [-0.39, 0.29) is 33.4 Å². The summed E-state index contributed by atoms with van der Waals surface area (Å²) < 4.78 is 17.4. The quantitative estimate of drug-likeness (QED) is 0.328. The van der Waals surface area contributed by atoms with Gasteiger partial charge in [-0.3, -0.25) is 9.59 Å². The Kier molecular flexibility index (Phi) is 4.95. The molecule has 0 radical (unpaired) electrons. The summed E-state index contributed by atoms with van der Waals surface area (Å²) in [5, 5.41) is 10.1. The maximum Gasteiger partial charge on any atom is 0.345 e. The summed E-state index contributed by atoms with van der Waals surface area (Å²) in [4.78, 5) is 54.4. The number of benzene rings is 2. The van der Waals surface area contributed by atoms with E-state index in [1.807, 2.05) is 0 Å². The molecule has 3 N–H and O–H groups in total. The van der Waals surface area contributed by atoms with Crippen molar-refractivity contribution in [1.82, 2.24) is 0 Å². The number of nitrogens with two attached hydrogens (primary N) is 1. The van der Waals surface area contributed by atoms with E-state index in [0.29, 0.717) is 11.1 Å². The van der Waals surface area contributed by atoms with Crippen LogP contribution in [0.1, 0.15) is 22.3 Å². The first-order chi connectivity index (χ1) is 18.0. The summed E-state index contributed by atoms with van der Waals surface area (Å²) >= 11 is 12.4. The van der Waals surface area contributed by atoms with E-state index in [1.165, 1.54) is 0 Å². The first-order valence-electron chi connectivity index (χ1n) is 11.2. The van der Waals surface area contributed by atoms with Crippen LogP contribution in [0.4, 0.5) is 0 Å². The van der Waals surface area contributed by atoms with Gasteiger partial charge in [0, 0.05) is 0 Å². The number of allylic oxidation sites excluding steroid dienone is 2. The summed E-state index contributed by atoms with van der Waals surface area (Å²) in [6.45, 7) is 3.40. The van der Waals surface area contributed by atoms with Crippen LogP contribution >= 0.6 is 23.2 Å². The molecule has 38 heavy (non-hydrogen) atoms. The lowest BCUT2D eigenvalue weighted by Crippen LogP contribution is -2.53. The number of Topliss-reactive ketones (excluding diaryl/α,β-unsaturated/α-hetero) is 1. The molecular formula is C27H15Cl2NO8. The molecule has 0 unspecified atom stereocenters. The number of fused-ring (bicyclic) bond motifs is 8. The Balaban J connectivity index is 1.96. The van der Waals surface area contributed by atoms with E-state index in [1.54, 1.807) is 50.2 Å². The van der Waals surface area contributed by atoms with Crippen LogP contribution in [0.5, 0.6) is 11.5 Å². The molecule has 3 heterocycles. The molecule has 1 amide bonds. The molecule has 4 aromatic rings. The third-order valence-electron chi connectivity index (χ3n) is 6.92. The normalized spacial score (nSPS) is 16.2. The van der Waals surface area contributed by atoms with E-state index in [0.717, 1.165) is 0 Å². The summed E-state index contributed by atoms with van der Waals surface area (Å²) in [5.74, 6) is -3.84. The van der Waals surface area contributed by atoms with Gasteiger partial charge in [-0.1, -0.05) is 47.5 Å². The van der Waals surface area contributed by atoms with Crippen LogP contribution in [-0.2, 0) is 15.0 Å². The van der Waals surface area contributed by atoms with E-state index in [2.05, 4.69) is 0 Å². The molecule has 190 valence electrons. The molecule has 2 aromatic heterocycles. The molecule has 2 aliphatic rings. The van der Waals surface area contributed by atoms with Crippen molar-refractivity contribution in [2.24, 2.45) is 5.73 Å². The number of aliphatic hydroxyl groups is 1. The number of para-hydroxylation sites is 2. The number of amides is 1. The van der Waals surface area contributed by atoms with Gasteiger partial charge in [0.1, 0.15) is 43.5 Å². The van der Waals surface area contributed by atoms with Crippen molar-refractivity contribution in [2.45, 2.75) is 19.3 Å². The lowest BCUT2D eigenvalue weighted by molar-refractivity contribution is -0.122. The van der Waals surface area contributed by atoms with Crippen molar-refractivity contribution in [2.75, 3.05) is 0 Å². The van der Waals surface area contributed by atoms with E-state index >= 15 is 0 Å². The van der Waals surface area contributed by atoms with Gasteiger partial charge in [-0.15, -0.1) is 0 Å². The Labute approximate surface area is 222 Å². The second-order valence-electron chi connectivity index (χ2n) is 8.99. The third kappa shape index (κ3) is 2.77. The third-order valence-corrected chi connectivity index (χ3v) is 7.74. The van der Waals surface area contributed by atoms with Crippen molar-refractivity contribution >= 4 is 56.8 Å². The number of hydrogen-bond acceptors (Lipinski definition) is 8. The second-order valence-corrected chi connectivity index (χ2v) is 9.74. The van der Waals surface area contributed by atoms with Crippen LogP contribution in [0.2, 0.25) is 0 Å². The van der Waals surface area contributed by atoms with Gasteiger partial charge in [0.15, 0.2) is 17.3 Å². The fourth-order valence-electron chi connectivity index (χ4n) is 5.31. The van der Waals surface area contributed by atoms with Gasteiger partial charge in [0.25, 0.3) is 0 Å². The largest absolute Gasteiger partial charge is 0.506 e. The predicted octanol–water partition coefficient (Wildman–Crippen LogP) is 4.48. The number of halogens is 2. The minimum atomic E-state index is -2.69. The lowest BCUT2D eigenvalue weighted by Gasteiger charge is -2.39. The van der Waals surface area contributed by atoms with Crippen molar-refractivity contribution < 1.29 is 28.3 Å². The molecule has 1 aliphatic heterocycles. The average Bonchev–Trinajstić information content (AvgIpc) is 2.87. The zero-order valence-electron chi connectivity index (χ0n) is 19.6. The number of hydrogen-bond donors (Lipinski definition) is 2. The number of aliphatic hydroxyl groups excluding tert-OH is 1. The number of rotatable bonds is 1. The van der Waals surface area contributed by atoms with Crippen molar-refractivity contribution in [3.63, 3.8) is 0 Å². The van der Waals surface area contributed by atoms with Crippen LogP contribution in [-0.4, -0.2) is 16.8 Å². The van der Waals surface area contributed by atoms with Gasteiger partial charge >= 0.3 is 11.3 Å². The molecule has 0 bridgehead atoms. The molecule has 1 aliphatic carbocycles. The molecule has 2 aromatic carbocycles. The highest BCUT2D eigenvalue weighted by Crippen LogP contribution is 2.57. The first-order valence-corrected chi connectivity index (χ1v) is 11.9. The summed E-state index contributed by atoms with van der Waals surface area (Å²) in [5.41, 5.74) is 0.188. The van der Waals surface area contributed by atoms with E-state index in [4.69, 9.17) is 42.5 Å². The molecule has 1 spiro atoms. The smallest absolute Gasteiger partial charge is 0.345 e. The predicted molar refractivity (Wildman–Crippen MR) is 138 cm³/mol. The fraction of sp³-hybridized carbons (Fsp3) is 0.111. The first kappa shape index (κ1) is 24.0. The van der Waals surface area contributed by atoms with Crippen LogP contribution in [0, 0.1) is 13.8 Å². The molecular weight excluding hydrogens is 537 g/mol. The highest BCUT2D eigenvalue weighted by molar-refractivity contribution is 6.52. The van der Waals surface area contributed by atoms with Crippen molar-refractivity contribution in [3.05, 3.63) is 101 Å². The molecule has 0 atom stereocenters. The van der Waals surface area contributed by atoms with Crippen LogP contribution in [0.25, 0.3) is 21.9 Å². The molecule has 0 saturated heterocycles. The lowest BCUT2D eigenvalue weighted by atomic mass is 9.62. The highest BCUT2D eigenvalue weighted by atomic mass is 35.5. The van der Waals surface area contributed by atoms with Gasteiger partial charge in [0.2, 0.25) is 5.91 Å². The van der Waals surface area contributed by atoms with Crippen LogP contribution < -0.4 is 21.7 Å². The number of carbonyl (C=O) groups is 2. The fourth-order valence-corrected chi connectivity index (χ4v) is 5.72. The summed E-state index contributed by atoms with van der Waals surface area (Å²) in [6, 6.07) is 9.88. The minimum absolute atomic E-state index is 0.148. The van der Waals surface area contributed by atoms with Crippen LogP contribution in [0.15, 0.2) is 76.2 Å². The molecule has 0 fully saturated rings. The Morgan fingerprint density at radius 1 is 0.842 bits per heavy atom. The molecule has 6 rings (SSSR count). The van der Waals surface area contributed by atoms with Gasteiger partial charge in [-0.2, -0.15) is 0 Å². The summed E-state index contributed by atoms with van der Waals surface area (Å²) in [7, 11) is 0. The maximum absolute atomic E-state index is 14.2. The minimum Gasteiger partial charge on any atom is -0.506 e. The SMILES string of the molecule is Cc1cccc2c3c(c(=O)oc12)C1(C(=O)C(Cl)=C(Cl)C(O)=C1C(N)=O)c1c(c2cccc(C)c2oc1=O)O3. The zero-order chi connectivity index (χ0) is 27.3. The number of ether oxygens (including phenoxy) is 1. The van der Waals surface area contributed by atoms with Crippen LogP contribution in [0.3, 0.4) is 0 Å². The highest BCUT2D eigenvalue weighted by Gasteiger charge is 2.62. The summed E-state index contributed by atoms with van der Waals surface area (Å²) in [6.07, 6.45) is 0. The number of ketones is 1. The Hall–Kier alpha value is -4.34. The topological polar surface area (TPSA) is 150 Å². The van der Waals surface area contributed by atoms with Gasteiger partial charge < -0.3 is 24.4 Å².